The molecule has 0 aliphatic heterocycles. The lowest BCUT2D eigenvalue weighted by Gasteiger charge is -2.09. The van der Waals surface area contributed by atoms with Gasteiger partial charge in [-0.25, -0.2) is 0 Å². The van der Waals surface area contributed by atoms with Gasteiger partial charge in [0, 0.05) is 22.8 Å². The summed E-state index contributed by atoms with van der Waals surface area (Å²) in [6.45, 7) is 0.936. The highest BCUT2D eigenvalue weighted by molar-refractivity contribution is 6.35. The van der Waals surface area contributed by atoms with Gasteiger partial charge in [-0.2, -0.15) is 5.10 Å². The summed E-state index contributed by atoms with van der Waals surface area (Å²) in [6, 6.07) is 28.6. The van der Waals surface area contributed by atoms with Gasteiger partial charge in [0.15, 0.2) is 5.82 Å². The molecule has 5 aromatic rings. The van der Waals surface area contributed by atoms with Crippen LogP contribution in [0.25, 0.3) is 10.8 Å². The van der Waals surface area contributed by atoms with Crippen LogP contribution in [0.5, 0.6) is 5.75 Å². The monoisotopic (exact) mass is 501 g/mol. The molecule has 174 valence electrons. The second-order valence-electron chi connectivity index (χ2n) is 8.05. The molecule has 5 rings (SSSR count). The SMILES string of the molecule is O=C(Nc1ccn(Cc2cccc3ccccc23)n1)c1ccc(COc2ccc(Cl)cc2Cl)cc1. The van der Waals surface area contributed by atoms with Crippen molar-refractivity contribution in [2.75, 3.05) is 5.32 Å². The molecule has 0 saturated heterocycles. The Hall–Kier alpha value is -3.80. The van der Waals surface area contributed by atoms with Gasteiger partial charge in [-0.05, 0) is 52.2 Å². The second-order valence-corrected chi connectivity index (χ2v) is 8.89. The molecule has 35 heavy (non-hydrogen) atoms. The number of nitrogens with zero attached hydrogens (tertiary/aromatic N) is 2. The number of amides is 1. The van der Waals surface area contributed by atoms with Gasteiger partial charge in [0.2, 0.25) is 0 Å². The van der Waals surface area contributed by atoms with Crippen LogP contribution in [0.4, 0.5) is 5.82 Å². The van der Waals surface area contributed by atoms with Gasteiger partial charge in [0.25, 0.3) is 5.91 Å². The molecule has 1 aromatic heterocycles. The Bertz CT molecular complexity index is 1490. The third-order valence-corrected chi connectivity index (χ3v) is 6.13. The van der Waals surface area contributed by atoms with E-state index in [1.165, 1.54) is 16.3 Å². The van der Waals surface area contributed by atoms with Gasteiger partial charge in [-0.1, -0.05) is 77.8 Å². The van der Waals surface area contributed by atoms with Crippen LogP contribution in [0.3, 0.4) is 0 Å². The first kappa shape index (κ1) is 23.0. The second kappa shape index (κ2) is 10.2. The number of halogens is 2. The molecule has 0 aliphatic rings. The Morgan fingerprint density at radius 1 is 0.914 bits per heavy atom. The van der Waals surface area contributed by atoms with Crippen LogP contribution in [0.15, 0.2) is 97.2 Å². The molecule has 0 unspecified atom stereocenters. The molecule has 7 heteroatoms. The highest BCUT2D eigenvalue weighted by atomic mass is 35.5. The van der Waals surface area contributed by atoms with Gasteiger partial charge in [-0.3, -0.25) is 9.48 Å². The average molecular weight is 502 g/mol. The zero-order valence-corrected chi connectivity index (χ0v) is 20.1. The number of rotatable bonds is 7. The fourth-order valence-electron chi connectivity index (χ4n) is 3.82. The lowest BCUT2D eigenvalue weighted by Crippen LogP contribution is -2.13. The van der Waals surface area contributed by atoms with E-state index >= 15 is 0 Å². The van der Waals surface area contributed by atoms with Crippen molar-refractivity contribution >= 4 is 45.7 Å². The van der Waals surface area contributed by atoms with Crippen molar-refractivity contribution in [3.05, 3.63) is 124 Å². The predicted octanol–water partition coefficient (Wildman–Crippen LogP) is 7.22. The molecule has 1 N–H and O–H groups in total. The van der Waals surface area contributed by atoms with Crippen LogP contribution in [-0.2, 0) is 13.2 Å². The molecule has 0 saturated carbocycles. The van der Waals surface area contributed by atoms with Crippen LogP contribution in [0.1, 0.15) is 21.5 Å². The van der Waals surface area contributed by atoms with Crippen LogP contribution in [0, 0.1) is 0 Å². The highest BCUT2D eigenvalue weighted by Gasteiger charge is 2.10. The van der Waals surface area contributed by atoms with Crippen molar-refractivity contribution in [2.45, 2.75) is 13.2 Å². The van der Waals surface area contributed by atoms with Crippen molar-refractivity contribution in [1.82, 2.24) is 9.78 Å². The van der Waals surface area contributed by atoms with Gasteiger partial charge >= 0.3 is 0 Å². The number of aromatic nitrogens is 2. The maximum Gasteiger partial charge on any atom is 0.256 e. The van der Waals surface area contributed by atoms with Gasteiger partial charge in [-0.15, -0.1) is 0 Å². The quantitative estimate of drug-likeness (QED) is 0.256. The standard InChI is InChI=1S/C28H21Cl2N3O2/c29-23-12-13-26(25(30)16-23)35-18-19-8-10-21(11-9-19)28(34)31-27-14-15-33(32-27)17-22-6-3-5-20-4-1-2-7-24(20)22/h1-16H,17-18H2,(H,31,32,34). The molecule has 0 radical (unpaired) electrons. The van der Waals surface area contributed by atoms with Gasteiger partial charge < -0.3 is 10.1 Å². The van der Waals surface area contributed by atoms with E-state index in [2.05, 4.69) is 34.7 Å². The average Bonchev–Trinajstić information content (AvgIpc) is 3.30. The first-order chi connectivity index (χ1) is 17.0. The number of ether oxygens (including phenoxy) is 1. The summed E-state index contributed by atoms with van der Waals surface area (Å²) in [7, 11) is 0. The summed E-state index contributed by atoms with van der Waals surface area (Å²) in [5.74, 6) is 0.825. The molecule has 1 amide bonds. The van der Waals surface area contributed by atoms with E-state index in [-0.39, 0.29) is 5.91 Å². The van der Waals surface area contributed by atoms with Crippen molar-refractivity contribution in [2.24, 2.45) is 0 Å². The maximum absolute atomic E-state index is 12.7. The number of hydrogen-bond donors (Lipinski definition) is 1. The lowest BCUT2D eigenvalue weighted by atomic mass is 10.0. The summed E-state index contributed by atoms with van der Waals surface area (Å²) in [6.07, 6.45) is 1.86. The number of hydrogen-bond acceptors (Lipinski definition) is 3. The van der Waals surface area contributed by atoms with Crippen LogP contribution >= 0.6 is 23.2 Å². The van der Waals surface area contributed by atoms with E-state index in [4.69, 9.17) is 27.9 Å². The largest absolute Gasteiger partial charge is 0.487 e. The van der Waals surface area contributed by atoms with Crippen LogP contribution < -0.4 is 10.1 Å². The van der Waals surface area contributed by atoms with E-state index < -0.39 is 0 Å². The van der Waals surface area contributed by atoms with Crippen molar-refractivity contribution in [3.8, 4) is 5.75 Å². The minimum atomic E-state index is -0.228. The van der Waals surface area contributed by atoms with Crippen molar-refractivity contribution in [1.29, 1.82) is 0 Å². The summed E-state index contributed by atoms with van der Waals surface area (Å²) in [5, 5.41) is 10.8. The number of carbonyl (C=O) groups excluding carboxylic acids is 1. The number of carbonyl (C=O) groups is 1. The Labute approximate surface area is 212 Å². The van der Waals surface area contributed by atoms with Crippen LogP contribution in [0.2, 0.25) is 10.0 Å². The Morgan fingerprint density at radius 2 is 1.71 bits per heavy atom. The van der Waals surface area contributed by atoms with Gasteiger partial charge in [0.05, 0.1) is 11.6 Å². The molecule has 5 nitrogen and oxygen atoms in total. The third-order valence-electron chi connectivity index (χ3n) is 5.60. The Balaban J connectivity index is 1.20. The molecule has 1 heterocycles. The first-order valence-corrected chi connectivity index (χ1v) is 11.8. The third kappa shape index (κ3) is 5.48. The van der Waals surface area contributed by atoms with Crippen molar-refractivity contribution in [3.63, 3.8) is 0 Å². The molecule has 0 spiro atoms. The van der Waals surface area contributed by atoms with Crippen molar-refractivity contribution < 1.29 is 9.53 Å². The number of fused-ring (bicyclic) bond motifs is 1. The van der Waals surface area contributed by atoms with E-state index in [1.807, 2.05) is 41.2 Å². The zero-order chi connectivity index (χ0) is 24.2. The van der Waals surface area contributed by atoms with E-state index in [0.29, 0.717) is 40.3 Å². The fraction of sp³-hybridized carbons (Fsp3) is 0.0714. The molecular weight excluding hydrogens is 481 g/mol. The Kier molecular flexibility index (Phi) is 6.70. The summed E-state index contributed by atoms with van der Waals surface area (Å²) < 4.78 is 7.57. The summed E-state index contributed by atoms with van der Waals surface area (Å²) >= 11 is 12.1. The highest BCUT2D eigenvalue weighted by Crippen LogP contribution is 2.28. The molecule has 0 atom stereocenters. The first-order valence-electron chi connectivity index (χ1n) is 11.0. The minimum Gasteiger partial charge on any atom is -0.487 e. The Morgan fingerprint density at radius 3 is 2.54 bits per heavy atom. The summed E-state index contributed by atoms with van der Waals surface area (Å²) in [5.41, 5.74) is 2.61. The summed E-state index contributed by atoms with van der Waals surface area (Å²) in [4.78, 5) is 12.7. The topological polar surface area (TPSA) is 56.2 Å². The minimum absolute atomic E-state index is 0.228. The normalized spacial score (nSPS) is 10.9. The fourth-order valence-corrected chi connectivity index (χ4v) is 4.28. The zero-order valence-electron chi connectivity index (χ0n) is 18.6. The maximum atomic E-state index is 12.7. The smallest absolute Gasteiger partial charge is 0.256 e. The number of nitrogens with one attached hydrogen (secondary N) is 1. The number of benzene rings is 4. The van der Waals surface area contributed by atoms with E-state index in [9.17, 15) is 4.79 Å². The molecule has 0 aliphatic carbocycles. The predicted molar refractivity (Wildman–Crippen MR) is 140 cm³/mol. The van der Waals surface area contributed by atoms with E-state index in [0.717, 1.165) is 5.56 Å². The number of anilines is 1. The molecule has 0 bridgehead atoms. The van der Waals surface area contributed by atoms with E-state index in [1.54, 1.807) is 36.4 Å². The molecular formula is C28H21Cl2N3O2. The molecule has 4 aromatic carbocycles. The lowest BCUT2D eigenvalue weighted by molar-refractivity contribution is 0.102. The van der Waals surface area contributed by atoms with Gasteiger partial charge in [0.1, 0.15) is 12.4 Å². The molecule has 0 fully saturated rings. The van der Waals surface area contributed by atoms with Crippen LogP contribution in [-0.4, -0.2) is 15.7 Å².